The van der Waals surface area contributed by atoms with Crippen LogP contribution >= 0.6 is 11.6 Å². The van der Waals surface area contributed by atoms with Gasteiger partial charge in [0, 0.05) is 23.8 Å². The van der Waals surface area contributed by atoms with Gasteiger partial charge in [0.05, 0.1) is 6.42 Å². The first-order valence-corrected chi connectivity index (χ1v) is 5.80. The second-order valence-corrected chi connectivity index (χ2v) is 4.47. The fourth-order valence-electron chi connectivity index (χ4n) is 2.13. The Balaban J connectivity index is 2.30. The van der Waals surface area contributed by atoms with Gasteiger partial charge in [-0.2, -0.15) is 0 Å². The highest BCUT2D eigenvalue weighted by molar-refractivity contribution is 6.30. The number of anilines is 1. The molecule has 0 spiro atoms. The molecule has 3 nitrogen and oxygen atoms in total. The number of halogens is 1. The van der Waals surface area contributed by atoms with Crippen LogP contribution in [0.15, 0.2) is 18.2 Å². The van der Waals surface area contributed by atoms with E-state index in [1.807, 2.05) is 12.1 Å². The topological polar surface area (TPSA) is 40.5 Å². The summed E-state index contributed by atoms with van der Waals surface area (Å²) in [6.45, 7) is 2.02. The molecular weight excluding hydrogens is 226 g/mol. The van der Waals surface area contributed by atoms with Gasteiger partial charge in [0.15, 0.2) is 0 Å². The molecule has 1 aromatic carbocycles. The molecule has 1 saturated heterocycles. The van der Waals surface area contributed by atoms with Gasteiger partial charge >= 0.3 is 5.97 Å². The molecule has 0 aromatic heterocycles. The molecule has 4 heteroatoms. The third-order valence-corrected chi connectivity index (χ3v) is 3.07. The van der Waals surface area contributed by atoms with Crippen LogP contribution in [-0.4, -0.2) is 24.2 Å². The van der Waals surface area contributed by atoms with E-state index in [0.717, 1.165) is 24.3 Å². The molecule has 1 aliphatic heterocycles. The van der Waals surface area contributed by atoms with E-state index >= 15 is 0 Å². The Morgan fingerprint density at radius 3 is 2.69 bits per heavy atom. The van der Waals surface area contributed by atoms with E-state index in [1.165, 1.54) is 12.8 Å². The van der Waals surface area contributed by atoms with Crippen molar-refractivity contribution in [1.82, 2.24) is 0 Å². The van der Waals surface area contributed by atoms with Crippen molar-refractivity contribution in [3.63, 3.8) is 0 Å². The summed E-state index contributed by atoms with van der Waals surface area (Å²) in [6.07, 6.45) is 2.39. The summed E-state index contributed by atoms with van der Waals surface area (Å²) < 4.78 is 0. The van der Waals surface area contributed by atoms with Crippen molar-refractivity contribution in [3.05, 3.63) is 28.8 Å². The van der Waals surface area contributed by atoms with Gasteiger partial charge in [-0.25, -0.2) is 0 Å². The van der Waals surface area contributed by atoms with Gasteiger partial charge in [-0.1, -0.05) is 11.6 Å². The van der Waals surface area contributed by atoms with Gasteiger partial charge in [-0.3, -0.25) is 4.79 Å². The maximum Gasteiger partial charge on any atom is 0.307 e. The number of carbonyl (C=O) groups is 1. The number of hydrogen-bond donors (Lipinski definition) is 1. The molecule has 0 aliphatic carbocycles. The first-order valence-electron chi connectivity index (χ1n) is 5.42. The Kier molecular flexibility index (Phi) is 3.34. The van der Waals surface area contributed by atoms with Crippen LogP contribution in [0.4, 0.5) is 5.69 Å². The maximum absolute atomic E-state index is 10.8. The Morgan fingerprint density at radius 1 is 1.38 bits per heavy atom. The number of nitrogens with zero attached hydrogens (tertiary/aromatic N) is 1. The number of benzene rings is 1. The third-order valence-electron chi connectivity index (χ3n) is 2.83. The van der Waals surface area contributed by atoms with Crippen LogP contribution in [0.25, 0.3) is 0 Å². The van der Waals surface area contributed by atoms with Crippen molar-refractivity contribution >= 4 is 23.3 Å². The van der Waals surface area contributed by atoms with Crippen LogP contribution in [0.1, 0.15) is 18.4 Å². The minimum atomic E-state index is -0.817. The molecule has 0 radical (unpaired) electrons. The smallest absolute Gasteiger partial charge is 0.307 e. The second-order valence-electron chi connectivity index (χ2n) is 4.04. The summed E-state index contributed by atoms with van der Waals surface area (Å²) in [5.41, 5.74) is 1.83. The number of carboxylic acids is 1. The van der Waals surface area contributed by atoms with Crippen molar-refractivity contribution in [3.8, 4) is 0 Å². The lowest BCUT2D eigenvalue weighted by atomic mass is 10.1. The summed E-state index contributed by atoms with van der Waals surface area (Å²) in [7, 11) is 0. The van der Waals surface area contributed by atoms with Crippen LogP contribution in [0.5, 0.6) is 0 Å². The summed E-state index contributed by atoms with van der Waals surface area (Å²) >= 11 is 5.90. The maximum atomic E-state index is 10.8. The highest BCUT2D eigenvalue weighted by Gasteiger charge is 2.17. The van der Waals surface area contributed by atoms with Crippen LogP contribution in [0.2, 0.25) is 5.02 Å². The van der Waals surface area contributed by atoms with Crippen molar-refractivity contribution in [2.24, 2.45) is 0 Å². The average molecular weight is 240 g/mol. The van der Waals surface area contributed by atoms with Crippen molar-refractivity contribution in [2.75, 3.05) is 18.0 Å². The molecule has 1 aromatic rings. The molecule has 0 amide bonds. The quantitative estimate of drug-likeness (QED) is 0.881. The van der Waals surface area contributed by atoms with Gasteiger partial charge in [-0.15, -0.1) is 0 Å². The predicted octanol–water partition coefficient (Wildman–Crippen LogP) is 2.57. The number of carboxylic acid groups (broad SMARTS) is 1. The molecule has 16 heavy (non-hydrogen) atoms. The molecule has 1 aliphatic rings. The van der Waals surface area contributed by atoms with E-state index in [9.17, 15) is 4.79 Å². The molecular formula is C12H14ClNO2. The van der Waals surface area contributed by atoms with Crippen LogP contribution in [0.3, 0.4) is 0 Å². The first kappa shape index (κ1) is 11.3. The summed E-state index contributed by atoms with van der Waals surface area (Å²) in [5, 5.41) is 9.46. The third kappa shape index (κ3) is 2.47. The minimum absolute atomic E-state index is 0.0341. The zero-order chi connectivity index (χ0) is 11.5. The zero-order valence-electron chi connectivity index (χ0n) is 8.95. The lowest BCUT2D eigenvalue weighted by molar-refractivity contribution is -0.136. The van der Waals surface area contributed by atoms with E-state index < -0.39 is 5.97 Å². The SMILES string of the molecule is O=C(O)Cc1cc(Cl)ccc1N1CCCC1. The van der Waals surface area contributed by atoms with Gasteiger partial charge in [0.2, 0.25) is 0 Å². The fourth-order valence-corrected chi connectivity index (χ4v) is 2.32. The van der Waals surface area contributed by atoms with Crippen LogP contribution < -0.4 is 4.90 Å². The largest absolute Gasteiger partial charge is 0.481 e. The Hall–Kier alpha value is -1.22. The zero-order valence-corrected chi connectivity index (χ0v) is 9.70. The number of hydrogen-bond acceptors (Lipinski definition) is 2. The lowest BCUT2D eigenvalue weighted by Crippen LogP contribution is -2.20. The molecule has 0 atom stereocenters. The molecule has 2 rings (SSSR count). The highest BCUT2D eigenvalue weighted by Crippen LogP contribution is 2.27. The molecule has 0 unspecified atom stereocenters. The van der Waals surface area contributed by atoms with Gasteiger partial charge < -0.3 is 10.0 Å². The molecule has 1 fully saturated rings. The molecule has 0 bridgehead atoms. The van der Waals surface area contributed by atoms with E-state index in [0.29, 0.717) is 5.02 Å². The number of rotatable bonds is 3. The standard InChI is InChI=1S/C12H14ClNO2/c13-10-3-4-11(14-5-1-2-6-14)9(7-10)8-12(15)16/h3-4,7H,1-2,5-6,8H2,(H,15,16). The summed E-state index contributed by atoms with van der Waals surface area (Å²) in [4.78, 5) is 13.0. The van der Waals surface area contributed by atoms with Crippen LogP contribution in [0, 0.1) is 0 Å². The lowest BCUT2D eigenvalue weighted by Gasteiger charge is -2.21. The Bertz CT molecular complexity index is 400. The average Bonchev–Trinajstić information content (AvgIpc) is 2.69. The molecule has 1 heterocycles. The van der Waals surface area contributed by atoms with E-state index in [2.05, 4.69) is 4.90 Å². The van der Waals surface area contributed by atoms with Crippen molar-refractivity contribution in [1.29, 1.82) is 0 Å². The van der Waals surface area contributed by atoms with Gasteiger partial charge in [-0.05, 0) is 36.6 Å². The molecule has 86 valence electrons. The van der Waals surface area contributed by atoms with Crippen LogP contribution in [-0.2, 0) is 11.2 Å². The Morgan fingerprint density at radius 2 is 2.06 bits per heavy atom. The van der Waals surface area contributed by atoms with Crippen molar-refractivity contribution in [2.45, 2.75) is 19.3 Å². The molecule has 1 N–H and O–H groups in total. The normalized spacial score (nSPS) is 15.4. The predicted molar refractivity (Wildman–Crippen MR) is 64.2 cm³/mol. The van der Waals surface area contributed by atoms with Gasteiger partial charge in [0.1, 0.15) is 0 Å². The van der Waals surface area contributed by atoms with Gasteiger partial charge in [0.25, 0.3) is 0 Å². The summed E-state index contributed by atoms with van der Waals surface area (Å²) in [5.74, 6) is -0.817. The monoisotopic (exact) mass is 239 g/mol. The number of aliphatic carboxylic acids is 1. The Labute approximate surface area is 99.6 Å². The second kappa shape index (κ2) is 4.74. The van der Waals surface area contributed by atoms with E-state index in [4.69, 9.17) is 16.7 Å². The summed E-state index contributed by atoms with van der Waals surface area (Å²) in [6, 6.07) is 5.50. The fraction of sp³-hybridized carbons (Fsp3) is 0.417. The van der Waals surface area contributed by atoms with Crippen molar-refractivity contribution < 1.29 is 9.90 Å². The minimum Gasteiger partial charge on any atom is -0.481 e. The molecule has 0 saturated carbocycles. The first-order chi connectivity index (χ1) is 7.66. The van der Waals surface area contributed by atoms with E-state index in [-0.39, 0.29) is 6.42 Å². The highest BCUT2D eigenvalue weighted by atomic mass is 35.5. The van der Waals surface area contributed by atoms with E-state index in [1.54, 1.807) is 6.07 Å².